The summed E-state index contributed by atoms with van der Waals surface area (Å²) in [6, 6.07) is 6.63. The van der Waals surface area contributed by atoms with Crippen LogP contribution in [0, 0.1) is 5.82 Å². The Morgan fingerprint density at radius 3 is 2.89 bits per heavy atom. The van der Waals surface area contributed by atoms with Gasteiger partial charge in [-0.05, 0) is 34.2 Å². The van der Waals surface area contributed by atoms with Crippen LogP contribution in [0.1, 0.15) is 5.56 Å². The van der Waals surface area contributed by atoms with Crippen molar-refractivity contribution >= 4 is 39.1 Å². The highest BCUT2D eigenvalue weighted by Crippen LogP contribution is 2.21. The second kappa shape index (κ2) is 6.12. The van der Waals surface area contributed by atoms with Crippen molar-refractivity contribution < 1.29 is 4.39 Å². The average molecular weight is 343 g/mol. The van der Waals surface area contributed by atoms with Crippen LogP contribution in [0.25, 0.3) is 0 Å². The molecular formula is C12H12BrFN4S. The van der Waals surface area contributed by atoms with Crippen molar-refractivity contribution in [1.29, 1.82) is 0 Å². The molecule has 1 aromatic heterocycles. The third-order valence-electron chi connectivity index (χ3n) is 2.47. The molecule has 0 aliphatic heterocycles. The smallest absolute Gasteiger partial charge is 0.171 e. The SMILES string of the molecule is CNC(=S)Nc1nn(Cc2ccccc2F)cc1Br. The van der Waals surface area contributed by atoms with Crippen LogP contribution >= 0.6 is 28.1 Å². The van der Waals surface area contributed by atoms with E-state index in [1.54, 1.807) is 36.1 Å². The molecule has 19 heavy (non-hydrogen) atoms. The van der Waals surface area contributed by atoms with Gasteiger partial charge in [0, 0.05) is 18.8 Å². The Morgan fingerprint density at radius 2 is 2.21 bits per heavy atom. The number of thiocarbonyl (C=S) groups is 1. The largest absolute Gasteiger partial charge is 0.365 e. The fourth-order valence-electron chi connectivity index (χ4n) is 1.53. The summed E-state index contributed by atoms with van der Waals surface area (Å²) < 4.78 is 16.0. The van der Waals surface area contributed by atoms with E-state index in [1.807, 2.05) is 0 Å². The molecule has 0 saturated carbocycles. The molecule has 0 unspecified atom stereocenters. The van der Waals surface area contributed by atoms with E-state index in [9.17, 15) is 4.39 Å². The van der Waals surface area contributed by atoms with E-state index < -0.39 is 0 Å². The minimum atomic E-state index is -0.241. The lowest BCUT2D eigenvalue weighted by Crippen LogP contribution is -2.24. The van der Waals surface area contributed by atoms with Crippen molar-refractivity contribution in [3.63, 3.8) is 0 Å². The van der Waals surface area contributed by atoms with E-state index in [0.717, 1.165) is 4.47 Å². The lowest BCUT2D eigenvalue weighted by Gasteiger charge is -2.04. The predicted octanol–water partition coefficient (Wildman–Crippen LogP) is 2.75. The van der Waals surface area contributed by atoms with Crippen molar-refractivity contribution in [2.75, 3.05) is 12.4 Å². The number of nitrogens with one attached hydrogen (secondary N) is 2. The first kappa shape index (κ1) is 14.0. The second-order valence-electron chi connectivity index (χ2n) is 3.82. The van der Waals surface area contributed by atoms with Gasteiger partial charge in [0.15, 0.2) is 10.9 Å². The van der Waals surface area contributed by atoms with Crippen LogP contribution in [-0.4, -0.2) is 21.9 Å². The molecule has 1 heterocycles. The molecule has 0 bridgehead atoms. The van der Waals surface area contributed by atoms with E-state index in [0.29, 0.717) is 23.0 Å². The molecule has 0 spiro atoms. The summed E-state index contributed by atoms with van der Waals surface area (Å²) in [5, 5.41) is 10.5. The van der Waals surface area contributed by atoms with Gasteiger partial charge < -0.3 is 10.6 Å². The van der Waals surface area contributed by atoms with Gasteiger partial charge in [0.05, 0.1) is 11.0 Å². The first-order valence-electron chi connectivity index (χ1n) is 5.55. The van der Waals surface area contributed by atoms with E-state index >= 15 is 0 Å². The number of aromatic nitrogens is 2. The average Bonchev–Trinajstić information content (AvgIpc) is 2.72. The van der Waals surface area contributed by atoms with Crippen molar-refractivity contribution in [2.24, 2.45) is 0 Å². The van der Waals surface area contributed by atoms with E-state index in [2.05, 4.69) is 31.7 Å². The third kappa shape index (κ3) is 3.51. The minimum Gasteiger partial charge on any atom is -0.365 e. The van der Waals surface area contributed by atoms with Crippen LogP contribution in [0.4, 0.5) is 10.2 Å². The Hall–Kier alpha value is -1.47. The summed E-state index contributed by atoms with van der Waals surface area (Å²) >= 11 is 8.38. The number of nitrogens with zero attached hydrogens (tertiary/aromatic N) is 2. The summed E-state index contributed by atoms with van der Waals surface area (Å²) in [4.78, 5) is 0. The Labute approximate surface area is 124 Å². The molecule has 4 nitrogen and oxygen atoms in total. The van der Waals surface area contributed by atoms with Gasteiger partial charge in [0.2, 0.25) is 0 Å². The molecular weight excluding hydrogens is 331 g/mol. The fraction of sp³-hybridized carbons (Fsp3) is 0.167. The number of benzene rings is 1. The van der Waals surface area contributed by atoms with Crippen molar-refractivity contribution in [3.05, 3.63) is 46.3 Å². The van der Waals surface area contributed by atoms with E-state index in [-0.39, 0.29) is 5.82 Å². The summed E-state index contributed by atoms with van der Waals surface area (Å²) in [6.07, 6.45) is 1.77. The Kier molecular flexibility index (Phi) is 4.49. The van der Waals surface area contributed by atoms with Gasteiger partial charge in [0.25, 0.3) is 0 Å². The highest BCUT2D eigenvalue weighted by atomic mass is 79.9. The zero-order valence-electron chi connectivity index (χ0n) is 10.2. The van der Waals surface area contributed by atoms with Gasteiger partial charge in [0.1, 0.15) is 5.82 Å². The van der Waals surface area contributed by atoms with Gasteiger partial charge in [-0.1, -0.05) is 18.2 Å². The molecule has 2 aromatic rings. The molecule has 2 N–H and O–H groups in total. The normalized spacial score (nSPS) is 10.3. The third-order valence-corrected chi connectivity index (χ3v) is 3.35. The van der Waals surface area contributed by atoms with Crippen LogP contribution in [-0.2, 0) is 6.54 Å². The standard InChI is InChI=1S/C12H12BrFN4S/c1-15-12(19)16-11-9(13)7-18(17-11)6-8-4-2-3-5-10(8)14/h2-5,7H,6H2,1H3,(H2,15,16,17,19). The maximum atomic E-state index is 13.5. The van der Waals surface area contributed by atoms with Crippen LogP contribution in [0.2, 0.25) is 0 Å². The highest BCUT2D eigenvalue weighted by Gasteiger charge is 2.09. The Bertz CT molecular complexity index is 599. The number of halogens is 2. The number of hydrogen-bond acceptors (Lipinski definition) is 2. The molecule has 0 amide bonds. The van der Waals surface area contributed by atoms with Crippen LogP contribution in [0.3, 0.4) is 0 Å². The molecule has 7 heteroatoms. The maximum absolute atomic E-state index is 13.5. The zero-order chi connectivity index (χ0) is 13.8. The van der Waals surface area contributed by atoms with Crippen LogP contribution in [0.5, 0.6) is 0 Å². The quantitative estimate of drug-likeness (QED) is 0.841. The van der Waals surface area contributed by atoms with E-state index in [1.165, 1.54) is 6.07 Å². The summed E-state index contributed by atoms with van der Waals surface area (Å²) in [6.45, 7) is 0.360. The highest BCUT2D eigenvalue weighted by molar-refractivity contribution is 9.10. The zero-order valence-corrected chi connectivity index (χ0v) is 12.6. The van der Waals surface area contributed by atoms with Crippen LogP contribution < -0.4 is 10.6 Å². The Morgan fingerprint density at radius 1 is 1.47 bits per heavy atom. The first-order valence-corrected chi connectivity index (χ1v) is 6.75. The lowest BCUT2D eigenvalue weighted by atomic mass is 10.2. The van der Waals surface area contributed by atoms with Crippen molar-refractivity contribution in [3.8, 4) is 0 Å². The lowest BCUT2D eigenvalue weighted by molar-refractivity contribution is 0.586. The van der Waals surface area contributed by atoms with Crippen LogP contribution in [0.15, 0.2) is 34.9 Å². The Balaban J connectivity index is 2.16. The van der Waals surface area contributed by atoms with Gasteiger partial charge in [-0.3, -0.25) is 4.68 Å². The summed E-state index contributed by atoms with van der Waals surface area (Å²) in [7, 11) is 1.72. The molecule has 0 radical (unpaired) electrons. The van der Waals surface area contributed by atoms with Gasteiger partial charge in [-0.25, -0.2) is 4.39 Å². The summed E-state index contributed by atoms with van der Waals surface area (Å²) in [5.74, 6) is 0.352. The van der Waals surface area contributed by atoms with Gasteiger partial charge in [-0.15, -0.1) is 0 Å². The van der Waals surface area contributed by atoms with Crippen molar-refractivity contribution in [1.82, 2.24) is 15.1 Å². The second-order valence-corrected chi connectivity index (χ2v) is 5.08. The number of hydrogen-bond donors (Lipinski definition) is 2. The maximum Gasteiger partial charge on any atom is 0.171 e. The first-order chi connectivity index (χ1) is 9.10. The molecule has 100 valence electrons. The predicted molar refractivity (Wildman–Crippen MR) is 80.7 cm³/mol. The molecule has 0 fully saturated rings. The molecule has 0 aliphatic rings. The molecule has 0 saturated heterocycles. The summed E-state index contributed by atoms with van der Waals surface area (Å²) in [5.41, 5.74) is 0.584. The molecule has 2 rings (SSSR count). The molecule has 1 aromatic carbocycles. The van der Waals surface area contributed by atoms with Gasteiger partial charge >= 0.3 is 0 Å². The fourth-order valence-corrected chi connectivity index (χ4v) is 2.05. The number of anilines is 1. The van der Waals surface area contributed by atoms with Gasteiger partial charge in [-0.2, -0.15) is 5.10 Å². The van der Waals surface area contributed by atoms with E-state index in [4.69, 9.17) is 12.2 Å². The number of rotatable bonds is 3. The molecule has 0 aliphatic carbocycles. The topological polar surface area (TPSA) is 41.9 Å². The minimum absolute atomic E-state index is 0.241. The molecule has 0 atom stereocenters. The van der Waals surface area contributed by atoms with Crippen molar-refractivity contribution in [2.45, 2.75) is 6.54 Å². The monoisotopic (exact) mass is 342 g/mol.